The van der Waals surface area contributed by atoms with Crippen molar-refractivity contribution in [3.05, 3.63) is 66.2 Å². The summed E-state index contributed by atoms with van der Waals surface area (Å²) < 4.78 is 47.6. The van der Waals surface area contributed by atoms with Crippen molar-refractivity contribution in [1.82, 2.24) is 5.32 Å². The first-order valence-corrected chi connectivity index (χ1v) is 8.42. The summed E-state index contributed by atoms with van der Waals surface area (Å²) in [6.07, 6.45) is -2.99. The Morgan fingerprint density at radius 1 is 1.10 bits per heavy atom. The number of anilines is 1. The van der Waals surface area contributed by atoms with Gasteiger partial charge in [-0.05, 0) is 30.3 Å². The molecule has 0 unspecified atom stereocenters. The summed E-state index contributed by atoms with van der Waals surface area (Å²) in [4.78, 5) is 24.6. The normalized spacial score (nSPS) is 10.8. The van der Waals surface area contributed by atoms with Crippen LogP contribution in [0.25, 0.3) is 0 Å². The molecule has 0 spiro atoms. The number of hydrogen-bond donors (Lipinski definition) is 2. The van der Waals surface area contributed by atoms with E-state index in [1.54, 1.807) is 23.5 Å². The highest BCUT2D eigenvalue weighted by Gasteiger charge is 2.28. The number of halogens is 3. The first-order chi connectivity index (χ1) is 13.7. The Balaban J connectivity index is 2.19. The topological polar surface area (TPSA) is 76.7 Å². The van der Waals surface area contributed by atoms with E-state index >= 15 is 0 Å². The molecule has 2 N–H and O–H groups in total. The molecule has 2 rings (SSSR count). The van der Waals surface area contributed by atoms with Gasteiger partial charge >= 0.3 is 6.18 Å². The predicted molar refractivity (Wildman–Crippen MR) is 101 cm³/mol. The number of carbonyl (C=O) groups excluding carboxylic acids is 2. The molecule has 29 heavy (non-hydrogen) atoms. The van der Waals surface area contributed by atoms with Gasteiger partial charge in [-0.3, -0.25) is 9.59 Å². The van der Waals surface area contributed by atoms with E-state index in [1.165, 1.54) is 37.4 Å². The van der Waals surface area contributed by atoms with Crippen molar-refractivity contribution >= 4 is 17.5 Å². The molecular formula is C20H19F3N2O4. The molecule has 0 aliphatic rings. The molecule has 0 aliphatic heterocycles. The molecule has 2 amide bonds. The van der Waals surface area contributed by atoms with Crippen molar-refractivity contribution < 1.29 is 32.2 Å². The minimum absolute atomic E-state index is 0.0723. The lowest BCUT2D eigenvalue weighted by Crippen LogP contribution is -2.34. The van der Waals surface area contributed by atoms with Crippen LogP contribution in [0.3, 0.4) is 0 Å². The molecule has 0 fully saturated rings. The van der Waals surface area contributed by atoms with Crippen LogP contribution in [-0.2, 0) is 0 Å². The van der Waals surface area contributed by atoms with Crippen LogP contribution in [-0.4, -0.2) is 38.3 Å². The Hall–Kier alpha value is -3.49. The van der Waals surface area contributed by atoms with E-state index in [-0.39, 0.29) is 23.4 Å². The molecule has 0 bridgehead atoms. The van der Waals surface area contributed by atoms with Gasteiger partial charge in [-0.25, -0.2) is 0 Å². The number of benzene rings is 2. The van der Waals surface area contributed by atoms with Gasteiger partial charge in [-0.1, -0.05) is 24.8 Å². The van der Waals surface area contributed by atoms with E-state index < -0.39 is 24.5 Å². The molecule has 0 aromatic heterocycles. The third-order valence-electron chi connectivity index (χ3n) is 3.65. The van der Waals surface area contributed by atoms with Crippen molar-refractivity contribution in [2.24, 2.45) is 0 Å². The number of carbonyl (C=O) groups is 2. The van der Waals surface area contributed by atoms with Gasteiger partial charge in [-0.2, -0.15) is 13.2 Å². The molecule has 0 saturated heterocycles. The van der Waals surface area contributed by atoms with Gasteiger partial charge in [-0.15, -0.1) is 0 Å². The van der Waals surface area contributed by atoms with Gasteiger partial charge in [0.15, 0.2) is 11.5 Å². The van der Waals surface area contributed by atoms with E-state index in [4.69, 9.17) is 9.47 Å². The van der Waals surface area contributed by atoms with Crippen LogP contribution in [0.15, 0.2) is 55.1 Å². The maximum Gasteiger partial charge on any atom is 0.405 e. The summed E-state index contributed by atoms with van der Waals surface area (Å²) in [5.41, 5.74) is 0.185. The third kappa shape index (κ3) is 6.27. The highest BCUT2D eigenvalue weighted by molar-refractivity contribution is 6.09. The molecule has 0 heterocycles. The van der Waals surface area contributed by atoms with Crippen LogP contribution in [0.1, 0.15) is 20.7 Å². The van der Waals surface area contributed by atoms with Crippen LogP contribution in [0.2, 0.25) is 0 Å². The van der Waals surface area contributed by atoms with Gasteiger partial charge in [0.05, 0.1) is 18.4 Å². The van der Waals surface area contributed by atoms with Crippen LogP contribution in [0, 0.1) is 0 Å². The van der Waals surface area contributed by atoms with Crippen molar-refractivity contribution in [2.45, 2.75) is 6.18 Å². The molecule has 0 atom stereocenters. The molecule has 6 nitrogen and oxygen atoms in total. The molecular weight excluding hydrogens is 389 g/mol. The van der Waals surface area contributed by atoms with Crippen LogP contribution in [0.4, 0.5) is 18.9 Å². The minimum Gasteiger partial charge on any atom is -0.493 e. The third-order valence-corrected chi connectivity index (χ3v) is 3.65. The van der Waals surface area contributed by atoms with Gasteiger partial charge in [0.25, 0.3) is 11.8 Å². The summed E-state index contributed by atoms with van der Waals surface area (Å²) in [5.74, 6) is -0.801. The fraction of sp³-hybridized carbons (Fsp3) is 0.200. The van der Waals surface area contributed by atoms with Gasteiger partial charge in [0.2, 0.25) is 0 Å². The maximum atomic E-state index is 12.6. The largest absolute Gasteiger partial charge is 0.493 e. The van der Waals surface area contributed by atoms with Crippen LogP contribution in [0.5, 0.6) is 11.5 Å². The summed E-state index contributed by atoms with van der Waals surface area (Å²) in [5, 5.41) is 4.30. The molecule has 0 saturated carbocycles. The van der Waals surface area contributed by atoms with Gasteiger partial charge in [0.1, 0.15) is 13.2 Å². The second-order valence-electron chi connectivity index (χ2n) is 5.76. The van der Waals surface area contributed by atoms with E-state index in [9.17, 15) is 22.8 Å². The number of rotatable bonds is 8. The number of nitrogens with one attached hydrogen (secondary N) is 2. The Morgan fingerprint density at radius 3 is 2.48 bits per heavy atom. The average molecular weight is 408 g/mol. The highest BCUT2D eigenvalue weighted by atomic mass is 19.4. The Labute approximate surface area is 165 Å². The molecule has 0 radical (unpaired) electrons. The number of methoxy groups -OCH3 is 1. The van der Waals surface area contributed by atoms with E-state index in [0.717, 1.165) is 0 Å². The maximum absolute atomic E-state index is 12.6. The van der Waals surface area contributed by atoms with E-state index in [1.807, 2.05) is 0 Å². The zero-order valence-electron chi connectivity index (χ0n) is 15.5. The lowest BCUT2D eigenvalue weighted by Gasteiger charge is -2.14. The van der Waals surface area contributed by atoms with Gasteiger partial charge in [0, 0.05) is 5.56 Å². The summed E-state index contributed by atoms with van der Waals surface area (Å²) in [6, 6.07) is 10.2. The predicted octanol–water partition coefficient (Wildman–Crippen LogP) is 3.80. The highest BCUT2D eigenvalue weighted by Crippen LogP contribution is 2.28. The van der Waals surface area contributed by atoms with Crippen molar-refractivity contribution in [3.8, 4) is 11.5 Å². The first kappa shape index (κ1) is 21.8. The molecule has 0 aliphatic carbocycles. The second-order valence-corrected chi connectivity index (χ2v) is 5.76. The van der Waals surface area contributed by atoms with Crippen molar-refractivity contribution in [2.75, 3.05) is 25.6 Å². The molecule has 154 valence electrons. The first-order valence-electron chi connectivity index (χ1n) is 8.42. The minimum atomic E-state index is -4.54. The zero-order chi connectivity index (χ0) is 21.4. The fourth-order valence-corrected chi connectivity index (χ4v) is 2.34. The number of para-hydroxylation sites is 1. The Morgan fingerprint density at radius 2 is 1.83 bits per heavy atom. The number of hydrogen-bond acceptors (Lipinski definition) is 4. The SMILES string of the molecule is C=CCOc1ccc(C(=O)Nc2ccccc2C(=O)NCC(F)(F)F)cc1OC. The second kappa shape index (κ2) is 9.63. The Bertz CT molecular complexity index is 898. The van der Waals surface area contributed by atoms with Gasteiger partial charge < -0.3 is 20.1 Å². The average Bonchev–Trinajstić information content (AvgIpc) is 2.70. The quantitative estimate of drug-likeness (QED) is 0.652. The summed E-state index contributed by atoms with van der Waals surface area (Å²) >= 11 is 0. The fourth-order valence-electron chi connectivity index (χ4n) is 2.34. The monoisotopic (exact) mass is 408 g/mol. The van der Waals surface area contributed by atoms with Crippen molar-refractivity contribution in [3.63, 3.8) is 0 Å². The summed E-state index contributed by atoms with van der Waals surface area (Å²) in [6.45, 7) is 2.33. The smallest absolute Gasteiger partial charge is 0.405 e. The van der Waals surface area contributed by atoms with Crippen LogP contribution < -0.4 is 20.1 Å². The Kier molecular flexibility index (Phi) is 7.24. The molecule has 2 aromatic carbocycles. The summed E-state index contributed by atoms with van der Waals surface area (Å²) in [7, 11) is 1.41. The standard InChI is InChI=1S/C20H19F3N2O4/c1-3-10-29-16-9-8-13(11-17(16)28-2)18(26)25-15-7-5-4-6-14(15)19(27)24-12-20(21,22)23/h3-9,11H,1,10,12H2,2H3,(H,24,27)(H,25,26). The van der Waals surface area contributed by atoms with E-state index in [2.05, 4.69) is 11.9 Å². The number of amides is 2. The van der Waals surface area contributed by atoms with Crippen LogP contribution >= 0.6 is 0 Å². The lowest BCUT2D eigenvalue weighted by molar-refractivity contribution is -0.123. The number of ether oxygens (including phenoxy) is 2. The zero-order valence-corrected chi connectivity index (χ0v) is 15.5. The molecule has 9 heteroatoms. The number of alkyl halides is 3. The molecule has 2 aromatic rings. The lowest BCUT2D eigenvalue weighted by atomic mass is 10.1. The van der Waals surface area contributed by atoms with Crippen molar-refractivity contribution in [1.29, 1.82) is 0 Å². The van der Waals surface area contributed by atoms with E-state index in [0.29, 0.717) is 11.5 Å².